The molecule has 0 amide bonds. The molecule has 1 aromatic rings. The minimum absolute atomic E-state index is 0.112. The van der Waals surface area contributed by atoms with Crippen LogP contribution in [0.2, 0.25) is 5.02 Å². The topological polar surface area (TPSA) is 29.5 Å². The van der Waals surface area contributed by atoms with Crippen molar-refractivity contribution < 1.29 is 9.53 Å². The summed E-state index contributed by atoms with van der Waals surface area (Å²) in [6, 6.07) is 7.03. The van der Waals surface area contributed by atoms with Crippen LogP contribution in [0, 0.1) is 0 Å². The third kappa shape index (κ3) is 4.53. The van der Waals surface area contributed by atoms with Gasteiger partial charge in [-0.15, -0.1) is 0 Å². The van der Waals surface area contributed by atoms with Crippen LogP contribution >= 0.6 is 11.6 Å². The number of ketones is 1. The molecule has 1 saturated heterocycles. The van der Waals surface area contributed by atoms with Crippen molar-refractivity contribution in [1.82, 2.24) is 4.90 Å². The van der Waals surface area contributed by atoms with Crippen molar-refractivity contribution in [2.24, 2.45) is 0 Å². The van der Waals surface area contributed by atoms with E-state index in [1.807, 2.05) is 6.92 Å². The molecule has 2 atom stereocenters. The van der Waals surface area contributed by atoms with E-state index >= 15 is 0 Å². The van der Waals surface area contributed by atoms with Gasteiger partial charge in [0.1, 0.15) is 0 Å². The average molecular weight is 310 g/mol. The molecule has 1 aliphatic rings. The highest BCUT2D eigenvalue weighted by atomic mass is 35.5. The summed E-state index contributed by atoms with van der Waals surface area (Å²) in [6.07, 6.45) is 3.49. The van der Waals surface area contributed by atoms with Crippen LogP contribution in [0.5, 0.6) is 0 Å². The van der Waals surface area contributed by atoms with Gasteiger partial charge in [-0.2, -0.15) is 0 Å². The quantitative estimate of drug-likeness (QED) is 0.749. The second-order valence-corrected chi connectivity index (χ2v) is 6.11. The van der Waals surface area contributed by atoms with Crippen LogP contribution in [0.4, 0.5) is 0 Å². The molecule has 4 heteroatoms. The van der Waals surface area contributed by atoms with E-state index in [0.717, 1.165) is 44.5 Å². The van der Waals surface area contributed by atoms with Crippen LogP contribution in [-0.2, 0) is 4.74 Å². The Kier molecular flexibility index (Phi) is 6.22. The lowest BCUT2D eigenvalue weighted by Crippen LogP contribution is -2.47. The molecule has 0 aromatic heterocycles. The lowest BCUT2D eigenvalue weighted by Gasteiger charge is -2.36. The zero-order valence-electron chi connectivity index (χ0n) is 12.8. The Bertz CT molecular complexity index is 460. The molecule has 116 valence electrons. The molecule has 2 rings (SSSR count). The van der Waals surface area contributed by atoms with Crippen molar-refractivity contribution in [3.8, 4) is 0 Å². The first-order valence-corrected chi connectivity index (χ1v) is 8.15. The summed E-state index contributed by atoms with van der Waals surface area (Å²) in [5, 5.41) is 0.658. The van der Waals surface area contributed by atoms with Crippen LogP contribution in [0.25, 0.3) is 0 Å². The van der Waals surface area contributed by atoms with Gasteiger partial charge in [-0.25, -0.2) is 0 Å². The molecule has 0 radical (unpaired) electrons. The molecule has 0 spiro atoms. The number of benzene rings is 1. The zero-order valence-corrected chi connectivity index (χ0v) is 13.6. The van der Waals surface area contributed by atoms with Crippen molar-refractivity contribution in [3.63, 3.8) is 0 Å². The van der Waals surface area contributed by atoms with Gasteiger partial charge in [-0.3, -0.25) is 9.69 Å². The Morgan fingerprint density at radius 1 is 1.43 bits per heavy atom. The Hall–Kier alpha value is -0.900. The normalized spacial score (nSPS) is 21.2. The number of nitrogens with zero attached hydrogens (tertiary/aromatic N) is 1. The van der Waals surface area contributed by atoms with Gasteiger partial charge < -0.3 is 4.74 Å². The fourth-order valence-electron chi connectivity index (χ4n) is 2.76. The van der Waals surface area contributed by atoms with Gasteiger partial charge >= 0.3 is 0 Å². The van der Waals surface area contributed by atoms with E-state index in [2.05, 4.69) is 11.8 Å². The predicted molar refractivity (Wildman–Crippen MR) is 86.1 cm³/mol. The van der Waals surface area contributed by atoms with Gasteiger partial charge in [0, 0.05) is 23.7 Å². The van der Waals surface area contributed by atoms with E-state index in [9.17, 15) is 4.79 Å². The van der Waals surface area contributed by atoms with Crippen molar-refractivity contribution in [2.45, 2.75) is 45.3 Å². The summed E-state index contributed by atoms with van der Waals surface area (Å²) in [5.41, 5.74) is 0.725. The van der Waals surface area contributed by atoms with Gasteiger partial charge in [0.05, 0.1) is 12.1 Å². The lowest BCUT2D eigenvalue weighted by molar-refractivity contribution is -0.00810. The Balaban J connectivity index is 1.96. The monoisotopic (exact) mass is 309 g/mol. The maximum Gasteiger partial charge on any atom is 0.179 e. The summed E-state index contributed by atoms with van der Waals surface area (Å²) in [6.45, 7) is 6.72. The molecule has 2 unspecified atom stereocenters. The molecule has 1 fully saturated rings. The molecular formula is C17H24ClNO2. The van der Waals surface area contributed by atoms with E-state index in [-0.39, 0.29) is 17.9 Å². The van der Waals surface area contributed by atoms with E-state index in [1.54, 1.807) is 24.3 Å². The Labute approximate surface area is 132 Å². The first-order valence-electron chi connectivity index (χ1n) is 7.77. The van der Waals surface area contributed by atoms with E-state index in [4.69, 9.17) is 16.3 Å². The van der Waals surface area contributed by atoms with Crippen LogP contribution in [0.3, 0.4) is 0 Å². The molecule has 0 aliphatic carbocycles. The van der Waals surface area contributed by atoms with Crippen molar-refractivity contribution in [3.05, 3.63) is 34.9 Å². The largest absolute Gasteiger partial charge is 0.377 e. The van der Waals surface area contributed by atoms with Gasteiger partial charge in [0.15, 0.2) is 5.78 Å². The number of ether oxygens (including phenoxy) is 1. The third-order valence-corrected chi connectivity index (χ3v) is 4.28. The smallest absolute Gasteiger partial charge is 0.179 e. The number of hydrogen-bond donors (Lipinski definition) is 0. The number of rotatable bonds is 6. The molecule has 21 heavy (non-hydrogen) atoms. The van der Waals surface area contributed by atoms with Crippen LogP contribution in [0.1, 0.15) is 43.5 Å². The maximum atomic E-state index is 12.6. The SMILES string of the molecule is CCCOC1CCCN(C(C)C(=O)c2ccc(Cl)cc2)C1. The van der Waals surface area contributed by atoms with E-state index < -0.39 is 0 Å². The second kappa shape index (κ2) is 7.92. The molecule has 1 heterocycles. The molecular weight excluding hydrogens is 286 g/mol. The van der Waals surface area contributed by atoms with Gasteiger partial charge in [-0.05, 0) is 57.0 Å². The molecule has 0 bridgehead atoms. The average Bonchev–Trinajstić information content (AvgIpc) is 2.52. The summed E-state index contributed by atoms with van der Waals surface area (Å²) < 4.78 is 5.84. The van der Waals surface area contributed by atoms with Crippen molar-refractivity contribution in [1.29, 1.82) is 0 Å². The Morgan fingerprint density at radius 2 is 2.14 bits per heavy atom. The molecule has 0 saturated carbocycles. The van der Waals surface area contributed by atoms with Gasteiger partial charge in [0.2, 0.25) is 0 Å². The minimum atomic E-state index is -0.112. The summed E-state index contributed by atoms with van der Waals surface area (Å²) in [7, 11) is 0. The molecule has 1 aromatic carbocycles. The second-order valence-electron chi connectivity index (χ2n) is 5.68. The number of carbonyl (C=O) groups is 1. The minimum Gasteiger partial charge on any atom is -0.377 e. The van der Waals surface area contributed by atoms with Gasteiger partial charge in [0.25, 0.3) is 0 Å². The maximum absolute atomic E-state index is 12.6. The zero-order chi connectivity index (χ0) is 15.2. The number of hydrogen-bond acceptors (Lipinski definition) is 3. The number of halogens is 1. The number of likely N-dealkylation sites (tertiary alicyclic amines) is 1. The predicted octanol–water partition coefficient (Wildman–Crippen LogP) is 3.80. The lowest BCUT2D eigenvalue weighted by atomic mass is 10.0. The fourth-order valence-corrected chi connectivity index (χ4v) is 2.89. The standard InChI is InChI=1S/C17H24ClNO2/c1-3-11-21-16-5-4-10-19(12-16)13(2)17(20)14-6-8-15(18)9-7-14/h6-9,13,16H,3-5,10-12H2,1-2H3. The van der Waals surface area contributed by atoms with E-state index in [0.29, 0.717) is 5.02 Å². The molecule has 3 nitrogen and oxygen atoms in total. The van der Waals surface area contributed by atoms with Crippen molar-refractivity contribution >= 4 is 17.4 Å². The first-order chi connectivity index (χ1) is 10.1. The van der Waals surface area contributed by atoms with Crippen molar-refractivity contribution in [2.75, 3.05) is 19.7 Å². The summed E-state index contributed by atoms with van der Waals surface area (Å²) in [4.78, 5) is 14.8. The number of carbonyl (C=O) groups excluding carboxylic acids is 1. The van der Waals surface area contributed by atoms with Gasteiger partial charge in [-0.1, -0.05) is 18.5 Å². The van der Waals surface area contributed by atoms with Crippen LogP contribution in [0.15, 0.2) is 24.3 Å². The third-order valence-electron chi connectivity index (χ3n) is 4.02. The number of Topliss-reactive ketones (excluding diaryl/α,β-unsaturated/α-hetero) is 1. The first kappa shape index (κ1) is 16.5. The highest BCUT2D eigenvalue weighted by Crippen LogP contribution is 2.19. The van der Waals surface area contributed by atoms with E-state index in [1.165, 1.54) is 0 Å². The van der Waals surface area contributed by atoms with Crippen LogP contribution < -0.4 is 0 Å². The summed E-state index contributed by atoms with van der Waals surface area (Å²) >= 11 is 5.87. The highest BCUT2D eigenvalue weighted by molar-refractivity contribution is 6.30. The highest BCUT2D eigenvalue weighted by Gasteiger charge is 2.28. The fraction of sp³-hybridized carbons (Fsp3) is 0.588. The summed E-state index contributed by atoms with van der Waals surface area (Å²) in [5.74, 6) is 0.155. The van der Waals surface area contributed by atoms with Crippen LogP contribution in [-0.4, -0.2) is 42.5 Å². The molecule has 1 aliphatic heterocycles. The number of piperidine rings is 1. The molecule has 0 N–H and O–H groups in total. The Morgan fingerprint density at radius 3 is 2.81 bits per heavy atom.